The fraction of sp³-hybridized carbons (Fsp3) is 0.100. The van der Waals surface area contributed by atoms with Gasteiger partial charge in [-0.1, -0.05) is 18.2 Å². The lowest BCUT2D eigenvalue weighted by molar-refractivity contribution is -0.112. The first-order valence-electron chi connectivity index (χ1n) is 4.32. The number of carbonyl (C=O) groups is 2. The number of nitrogens with two attached hydrogens (primary N) is 1. The topological polar surface area (TPSA) is 96.0 Å². The fourth-order valence-corrected chi connectivity index (χ4v) is 1.14. The lowest BCUT2D eigenvalue weighted by atomic mass is 10.1. The van der Waals surface area contributed by atoms with Gasteiger partial charge in [0.05, 0.1) is 6.54 Å². The molecule has 4 N–H and O–H groups in total. The maximum atomic E-state index is 10.8. The van der Waals surface area contributed by atoms with Crippen LogP contribution in [-0.2, 0) is 9.59 Å². The molecule has 0 unspecified atom stereocenters. The summed E-state index contributed by atoms with van der Waals surface area (Å²) in [6, 6.07) is 6.71. The summed E-state index contributed by atoms with van der Waals surface area (Å²) in [5.41, 5.74) is 5.68. The van der Waals surface area contributed by atoms with Crippen molar-refractivity contribution >= 4 is 23.6 Å². The molecule has 78 valence electrons. The van der Waals surface area contributed by atoms with Crippen molar-refractivity contribution in [3.05, 3.63) is 29.8 Å². The van der Waals surface area contributed by atoms with E-state index in [-0.39, 0.29) is 12.3 Å². The van der Waals surface area contributed by atoms with Gasteiger partial charge in [-0.05, 0) is 6.07 Å². The average molecular weight is 205 g/mol. The Balaban J connectivity index is 3.00. The van der Waals surface area contributed by atoms with Gasteiger partial charge < -0.3 is 15.8 Å². The highest BCUT2D eigenvalue weighted by molar-refractivity contribution is 6.44. The smallest absolute Gasteiger partial charge is 0.267 e. The van der Waals surface area contributed by atoms with Crippen molar-refractivity contribution in [2.24, 2.45) is 5.73 Å². The van der Waals surface area contributed by atoms with Gasteiger partial charge in [-0.3, -0.25) is 10.2 Å². The Morgan fingerprint density at radius 3 is 2.73 bits per heavy atom. The SMILES string of the molecule is N=C(C(N)=O)c1ccccc1NCC=O. The molecule has 0 radical (unpaired) electrons. The molecular formula is C10H11N3O2. The van der Waals surface area contributed by atoms with Crippen LogP contribution in [0.15, 0.2) is 24.3 Å². The zero-order valence-electron chi connectivity index (χ0n) is 7.99. The minimum absolute atomic E-state index is 0.128. The average Bonchev–Trinajstić information content (AvgIpc) is 2.25. The summed E-state index contributed by atoms with van der Waals surface area (Å²) in [5.74, 6) is -0.796. The van der Waals surface area contributed by atoms with E-state index in [9.17, 15) is 9.59 Å². The first-order chi connectivity index (χ1) is 7.16. The summed E-state index contributed by atoms with van der Waals surface area (Å²) < 4.78 is 0. The molecule has 0 aliphatic carbocycles. The van der Waals surface area contributed by atoms with Crippen LogP contribution in [0.2, 0.25) is 0 Å². The van der Waals surface area contributed by atoms with E-state index in [0.29, 0.717) is 17.5 Å². The number of aldehydes is 1. The summed E-state index contributed by atoms with van der Waals surface area (Å²) in [4.78, 5) is 21.0. The van der Waals surface area contributed by atoms with Crippen LogP contribution >= 0.6 is 0 Å². The normalized spacial score (nSPS) is 9.33. The molecule has 5 heteroatoms. The molecule has 0 fully saturated rings. The van der Waals surface area contributed by atoms with E-state index in [1.165, 1.54) is 0 Å². The van der Waals surface area contributed by atoms with Crippen molar-refractivity contribution in [3.63, 3.8) is 0 Å². The Morgan fingerprint density at radius 1 is 1.47 bits per heavy atom. The predicted octanol–water partition coefficient (Wildman–Crippen LogP) is 0.151. The number of para-hydroxylation sites is 1. The van der Waals surface area contributed by atoms with Crippen LogP contribution in [0.25, 0.3) is 0 Å². The fourth-order valence-electron chi connectivity index (χ4n) is 1.14. The van der Waals surface area contributed by atoms with Crippen molar-refractivity contribution in [1.82, 2.24) is 0 Å². The van der Waals surface area contributed by atoms with Crippen LogP contribution in [0.5, 0.6) is 0 Å². The van der Waals surface area contributed by atoms with Gasteiger partial charge in [-0.2, -0.15) is 0 Å². The van der Waals surface area contributed by atoms with Crippen molar-refractivity contribution in [3.8, 4) is 0 Å². The minimum Gasteiger partial charge on any atom is -0.378 e. The second-order valence-corrected chi connectivity index (χ2v) is 2.83. The van der Waals surface area contributed by atoms with E-state index in [2.05, 4.69) is 5.32 Å². The molecule has 0 aliphatic heterocycles. The first kappa shape index (κ1) is 10.9. The molecule has 1 aromatic rings. The number of anilines is 1. The molecule has 0 aliphatic rings. The van der Waals surface area contributed by atoms with Crippen molar-refractivity contribution in [1.29, 1.82) is 5.41 Å². The quantitative estimate of drug-likeness (QED) is 0.471. The third kappa shape index (κ3) is 2.63. The first-order valence-corrected chi connectivity index (χ1v) is 4.32. The van der Waals surface area contributed by atoms with Gasteiger partial charge >= 0.3 is 0 Å². The minimum atomic E-state index is -0.796. The van der Waals surface area contributed by atoms with Gasteiger partial charge in [0.25, 0.3) is 5.91 Å². The van der Waals surface area contributed by atoms with Gasteiger partial charge in [-0.25, -0.2) is 0 Å². The Morgan fingerprint density at radius 2 is 2.13 bits per heavy atom. The summed E-state index contributed by atoms with van der Waals surface area (Å²) in [6.07, 6.45) is 0.699. The maximum Gasteiger partial charge on any atom is 0.267 e. The van der Waals surface area contributed by atoms with Crippen LogP contribution in [0.1, 0.15) is 5.56 Å². The highest BCUT2D eigenvalue weighted by Gasteiger charge is 2.11. The van der Waals surface area contributed by atoms with Crippen LogP contribution in [0.3, 0.4) is 0 Å². The number of rotatable bonds is 5. The number of carbonyl (C=O) groups excluding carboxylic acids is 2. The maximum absolute atomic E-state index is 10.8. The number of nitrogens with one attached hydrogen (secondary N) is 2. The van der Waals surface area contributed by atoms with E-state index < -0.39 is 5.91 Å². The zero-order chi connectivity index (χ0) is 11.3. The Kier molecular flexibility index (Phi) is 3.56. The molecule has 1 amide bonds. The number of hydrogen-bond donors (Lipinski definition) is 3. The number of hydrogen-bond acceptors (Lipinski definition) is 4. The lowest BCUT2D eigenvalue weighted by Gasteiger charge is -2.08. The monoisotopic (exact) mass is 205 g/mol. The van der Waals surface area contributed by atoms with Crippen LogP contribution in [-0.4, -0.2) is 24.4 Å². The predicted molar refractivity (Wildman–Crippen MR) is 57.0 cm³/mol. The molecule has 1 rings (SSSR count). The molecule has 0 atom stereocenters. The van der Waals surface area contributed by atoms with Gasteiger partial charge in [0.1, 0.15) is 12.0 Å². The highest BCUT2D eigenvalue weighted by atomic mass is 16.1. The van der Waals surface area contributed by atoms with E-state index in [4.69, 9.17) is 11.1 Å². The van der Waals surface area contributed by atoms with Crippen LogP contribution < -0.4 is 11.1 Å². The molecule has 15 heavy (non-hydrogen) atoms. The molecule has 5 nitrogen and oxygen atoms in total. The van der Waals surface area contributed by atoms with E-state index in [1.54, 1.807) is 24.3 Å². The second kappa shape index (κ2) is 4.90. The van der Waals surface area contributed by atoms with Crippen molar-refractivity contribution < 1.29 is 9.59 Å². The number of amides is 1. The molecular weight excluding hydrogens is 194 g/mol. The Labute approximate surface area is 86.8 Å². The molecule has 0 saturated carbocycles. The number of benzene rings is 1. The molecule has 0 bridgehead atoms. The van der Waals surface area contributed by atoms with Gasteiger partial charge in [0.15, 0.2) is 0 Å². The summed E-state index contributed by atoms with van der Waals surface area (Å²) in [5, 5.41) is 10.2. The van der Waals surface area contributed by atoms with Crippen LogP contribution in [0.4, 0.5) is 5.69 Å². The van der Waals surface area contributed by atoms with Gasteiger partial charge in [0, 0.05) is 11.3 Å². The standard InChI is InChI=1S/C10H11N3O2/c11-9(10(12)15)7-3-1-2-4-8(7)13-5-6-14/h1-4,6,11,13H,5H2,(H2,12,15). The van der Waals surface area contributed by atoms with Gasteiger partial charge in [-0.15, -0.1) is 0 Å². The van der Waals surface area contributed by atoms with Gasteiger partial charge in [0.2, 0.25) is 0 Å². The largest absolute Gasteiger partial charge is 0.378 e. The van der Waals surface area contributed by atoms with Crippen molar-refractivity contribution in [2.45, 2.75) is 0 Å². The summed E-state index contributed by atoms with van der Waals surface area (Å²) in [7, 11) is 0. The molecule has 0 spiro atoms. The third-order valence-corrected chi connectivity index (χ3v) is 1.82. The lowest BCUT2D eigenvalue weighted by Crippen LogP contribution is -2.24. The Bertz CT molecular complexity index is 401. The molecule has 0 aromatic heterocycles. The summed E-state index contributed by atoms with van der Waals surface area (Å²) in [6.45, 7) is 0.128. The van der Waals surface area contributed by atoms with Crippen LogP contribution in [0, 0.1) is 5.41 Å². The summed E-state index contributed by atoms with van der Waals surface area (Å²) >= 11 is 0. The molecule has 0 saturated heterocycles. The van der Waals surface area contributed by atoms with E-state index in [1.807, 2.05) is 0 Å². The molecule has 1 aromatic carbocycles. The van der Waals surface area contributed by atoms with E-state index in [0.717, 1.165) is 0 Å². The number of primary amides is 1. The third-order valence-electron chi connectivity index (χ3n) is 1.82. The van der Waals surface area contributed by atoms with E-state index >= 15 is 0 Å². The zero-order valence-corrected chi connectivity index (χ0v) is 7.99. The Hall–Kier alpha value is -2.17. The molecule has 0 heterocycles. The van der Waals surface area contributed by atoms with Crippen molar-refractivity contribution in [2.75, 3.05) is 11.9 Å². The highest BCUT2D eigenvalue weighted by Crippen LogP contribution is 2.14. The second-order valence-electron chi connectivity index (χ2n) is 2.83.